The summed E-state index contributed by atoms with van der Waals surface area (Å²) in [6.45, 7) is 7.13. The van der Waals surface area contributed by atoms with E-state index in [-0.39, 0.29) is 0 Å². The summed E-state index contributed by atoms with van der Waals surface area (Å²) in [4.78, 5) is 0. The molecular formula is C17H20Si. The Kier molecular flexibility index (Phi) is 3.83. The maximum Gasteiger partial charge on any atom is 0.0775 e. The van der Waals surface area contributed by atoms with Crippen molar-refractivity contribution in [3.63, 3.8) is 0 Å². The lowest BCUT2D eigenvalue weighted by Crippen LogP contribution is -2.37. The minimum absolute atomic E-state index is 1.17. The third kappa shape index (κ3) is 3.44. The van der Waals surface area contributed by atoms with Gasteiger partial charge in [-0.1, -0.05) is 91.6 Å². The summed E-state index contributed by atoms with van der Waals surface area (Å²) in [5, 5.41) is 1.51. The zero-order valence-electron chi connectivity index (χ0n) is 11.4. The summed E-state index contributed by atoms with van der Waals surface area (Å²) in [5.41, 5.74) is 2.51. The second kappa shape index (κ2) is 5.36. The molecule has 0 heterocycles. The normalized spacial score (nSPS) is 11.9. The van der Waals surface area contributed by atoms with Crippen LogP contribution in [0.2, 0.25) is 19.6 Å². The Hall–Kier alpha value is -1.60. The van der Waals surface area contributed by atoms with Gasteiger partial charge in [0.2, 0.25) is 0 Å². The molecule has 92 valence electrons. The Morgan fingerprint density at radius 3 is 1.67 bits per heavy atom. The summed E-state index contributed by atoms with van der Waals surface area (Å²) >= 11 is 0. The van der Waals surface area contributed by atoms with Gasteiger partial charge in [0.25, 0.3) is 0 Å². The fourth-order valence-corrected chi connectivity index (χ4v) is 3.02. The Balaban J connectivity index is 2.14. The lowest BCUT2D eigenvalue weighted by atomic mass is 10.1. The average molecular weight is 252 g/mol. The van der Waals surface area contributed by atoms with Gasteiger partial charge in [-0.2, -0.15) is 0 Å². The van der Waals surface area contributed by atoms with E-state index in [1.54, 1.807) is 0 Å². The molecule has 0 aliphatic rings. The summed E-state index contributed by atoms with van der Waals surface area (Å²) in [5.74, 6) is 0. The van der Waals surface area contributed by atoms with E-state index in [9.17, 15) is 0 Å². The molecule has 0 saturated heterocycles. The van der Waals surface area contributed by atoms with Crippen molar-refractivity contribution < 1.29 is 0 Å². The summed E-state index contributed by atoms with van der Waals surface area (Å²) in [6, 6.07) is 19.4. The topological polar surface area (TPSA) is 0 Å². The van der Waals surface area contributed by atoms with E-state index in [1.807, 2.05) is 6.07 Å². The van der Waals surface area contributed by atoms with Crippen molar-refractivity contribution in [3.05, 3.63) is 65.7 Å². The van der Waals surface area contributed by atoms with Crippen LogP contribution >= 0.6 is 0 Å². The molecule has 0 amide bonds. The van der Waals surface area contributed by atoms with Crippen LogP contribution in [0, 0.1) is 0 Å². The summed E-state index contributed by atoms with van der Waals surface area (Å²) < 4.78 is 0. The molecular weight excluding hydrogens is 232 g/mol. The van der Waals surface area contributed by atoms with Crippen LogP contribution in [0.3, 0.4) is 0 Å². The molecule has 0 radical (unpaired) electrons. The highest BCUT2D eigenvalue weighted by Crippen LogP contribution is 2.09. The predicted octanol–water partition coefficient (Wildman–Crippen LogP) is 4.40. The van der Waals surface area contributed by atoms with Crippen LogP contribution in [-0.4, -0.2) is 8.07 Å². The van der Waals surface area contributed by atoms with Crippen LogP contribution < -0.4 is 5.19 Å². The zero-order chi connectivity index (χ0) is 13.0. The molecule has 0 nitrogen and oxygen atoms in total. The molecule has 2 aromatic carbocycles. The molecule has 0 unspecified atom stereocenters. The van der Waals surface area contributed by atoms with Crippen molar-refractivity contribution in [2.45, 2.75) is 19.6 Å². The number of rotatable bonds is 3. The predicted molar refractivity (Wildman–Crippen MR) is 84.8 cm³/mol. The van der Waals surface area contributed by atoms with E-state index in [4.69, 9.17) is 0 Å². The van der Waals surface area contributed by atoms with E-state index in [0.717, 1.165) is 0 Å². The first kappa shape index (κ1) is 12.8. The SMILES string of the molecule is C[Si](C)(C)c1ccc(C=Cc2ccccc2)cc1. The molecule has 0 aromatic heterocycles. The molecule has 0 saturated carbocycles. The van der Waals surface area contributed by atoms with Gasteiger partial charge in [0.15, 0.2) is 0 Å². The Bertz CT molecular complexity index is 516. The Labute approximate surface area is 111 Å². The van der Waals surface area contributed by atoms with Crippen molar-refractivity contribution in [1.82, 2.24) is 0 Å². The Morgan fingerprint density at radius 1 is 0.667 bits per heavy atom. The monoisotopic (exact) mass is 252 g/mol. The maximum atomic E-state index is 2.38. The van der Waals surface area contributed by atoms with Crippen molar-refractivity contribution in [1.29, 1.82) is 0 Å². The third-order valence-electron chi connectivity index (χ3n) is 3.04. The first-order chi connectivity index (χ1) is 8.55. The van der Waals surface area contributed by atoms with Crippen LogP contribution in [-0.2, 0) is 0 Å². The third-order valence-corrected chi connectivity index (χ3v) is 5.11. The average Bonchev–Trinajstić information content (AvgIpc) is 2.37. The summed E-state index contributed by atoms with van der Waals surface area (Å²) in [6.07, 6.45) is 4.33. The van der Waals surface area contributed by atoms with Gasteiger partial charge in [0.05, 0.1) is 8.07 Å². The molecule has 2 rings (SSSR count). The van der Waals surface area contributed by atoms with Crippen LogP contribution in [0.4, 0.5) is 0 Å². The number of hydrogen-bond donors (Lipinski definition) is 0. The van der Waals surface area contributed by atoms with Gasteiger partial charge < -0.3 is 0 Å². The minimum Gasteiger partial charge on any atom is -0.0656 e. The molecule has 0 atom stereocenters. The van der Waals surface area contributed by atoms with E-state index in [1.165, 1.54) is 16.3 Å². The molecule has 2 aromatic rings. The van der Waals surface area contributed by atoms with Gasteiger partial charge in [-0.15, -0.1) is 0 Å². The highest BCUT2D eigenvalue weighted by Gasteiger charge is 2.15. The van der Waals surface area contributed by atoms with Gasteiger partial charge in [0, 0.05) is 0 Å². The number of hydrogen-bond acceptors (Lipinski definition) is 0. The van der Waals surface area contributed by atoms with Gasteiger partial charge in [-0.3, -0.25) is 0 Å². The van der Waals surface area contributed by atoms with Crippen molar-refractivity contribution in [2.24, 2.45) is 0 Å². The molecule has 0 N–H and O–H groups in total. The van der Waals surface area contributed by atoms with Crippen LogP contribution in [0.15, 0.2) is 54.6 Å². The fourth-order valence-electron chi connectivity index (χ4n) is 1.85. The smallest absolute Gasteiger partial charge is 0.0656 e. The second-order valence-corrected chi connectivity index (χ2v) is 10.7. The highest BCUT2D eigenvalue weighted by molar-refractivity contribution is 6.88. The van der Waals surface area contributed by atoms with Gasteiger partial charge in [-0.05, 0) is 11.1 Å². The highest BCUT2D eigenvalue weighted by atomic mass is 28.3. The van der Waals surface area contributed by atoms with E-state index in [0.29, 0.717) is 0 Å². The first-order valence-electron chi connectivity index (χ1n) is 6.39. The van der Waals surface area contributed by atoms with E-state index >= 15 is 0 Å². The van der Waals surface area contributed by atoms with Gasteiger partial charge in [-0.25, -0.2) is 0 Å². The van der Waals surface area contributed by atoms with Crippen molar-refractivity contribution >= 4 is 25.4 Å². The fraction of sp³-hybridized carbons (Fsp3) is 0.176. The first-order valence-corrected chi connectivity index (χ1v) is 9.89. The molecule has 0 fully saturated rings. The second-order valence-electron chi connectivity index (χ2n) is 5.62. The number of benzene rings is 2. The van der Waals surface area contributed by atoms with E-state index in [2.05, 4.69) is 80.3 Å². The van der Waals surface area contributed by atoms with Crippen LogP contribution in [0.5, 0.6) is 0 Å². The maximum absolute atomic E-state index is 2.38. The Morgan fingerprint density at radius 2 is 1.17 bits per heavy atom. The largest absolute Gasteiger partial charge is 0.0775 e. The van der Waals surface area contributed by atoms with Gasteiger partial charge in [0.1, 0.15) is 0 Å². The van der Waals surface area contributed by atoms with Crippen molar-refractivity contribution in [2.75, 3.05) is 0 Å². The molecule has 0 spiro atoms. The van der Waals surface area contributed by atoms with E-state index < -0.39 is 8.07 Å². The zero-order valence-corrected chi connectivity index (χ0v) is 12.4. The molecule has 18 heavy (non-hydrogen) atoms. The lowest BCUT2D eigenvalue weighted by molar-refractivity contribution is 1.64. The van der Waals surface area contributed by atoms with Crippen LogP contribution in [0.25, 0.3) is 12.2 Å². The standard InChI is InChI=1S/C17H20Si/c1-18(2,3)17-13-11-16(12-14-17)10-9-15-7-5-4-6-8-15/h4-14H,1-3H3. The lowest BCUT2D eigenvalue weighted by Gasteiger charge is -2.16. The molecule has 0 bridgehead atoms. The van der Waals surface area contributed by atoms with Gasteiger partial charge >= 0.3 is 0 Å². The summed E-state index contributed by atoms with van der Waals surface area (Å²) in [7, 11) is -1.17. The van der Waals surface area contributed by atoms with Crippen molar-refractivity contribution in [3.8, 4) is 0 Å². The molecule has 1 heteroatoms. The molecule has 0 aliphatic carbocycles. The van der Waals surface area contributed by atoms with Crippen LogP contribution in [0.1, 0.15) is 11.1 Å². The molecule has 0 aliphatic heterocycles. The minimum atomic E-state index is -1.17. The quantitative estimate of drug-likeness (QED) is 0.561.